The molecule has 1 unspecified atom stereocenters. The van der Waals surface area contributed by atoms with E-state index < -0.39 is 36.0 Å². The summed E-state index contributed by atoms with van der Waals surface area (Å²) in [5.41, 5.74) is -3.55. The van der Waals surface area contributed by atoms with Crippen LogP contribution in [0.2, 0.25) is 0 Å². The molecule has 0 amide bonds. The van der Waals surface area contributed by atoms with Gasteiger partial charge < -0.3 is 14.4 Å². The van der Waals surface area contributed by atoms with Gasteiger partial charge in [-0.1, -0.05) is 26.0 Å². The molecule has 0 fully saturated rings. The molecular weight excluding hydrogens is 426 g/mol. The number of halogens is 4. The Morgan fingerprint density at radius 3 is 2.56 bits per heavy atom. The molecule has 1 atom stereocenters. The van der Waals surface area contributed by atoms with Crippen molar-refractivity contribution in [3.63, 3.8) is 0 Å². The lowest BCUT2D eigenvalue weighted by molar-refractivity contribution is -0.271. The summed E-state index contributed by atoms with van der Waals surface area (Å²) in [6.45, 7) is 2.57. The Hall–Kier alpha value is -2.87. The minimum absolute atomic E-state index is 0.259. The van der Waals surface area contributed by atoms with Crippen molar-refractivity contribution >= 4 is 10.9 Å². The maximum absolute atomic E-state index is 14.2. The summed E-state index contributed by atoms with van der Waals surface area (Å²) in [5.74, 6) is -0.172. The SMILES string of the molecule is CC(C)(CC(O)(Cn1ccc(=O)c2ccccc21)C(F)(F)F)c1cc(F)cc2c1OCC2. The maximum Gasteiger partial charge on any atom is 0.418 e. The third-order valence-electron chi connectivity index (χ3n) is 6.06. The second-order valence-electron chi connectivity index (χ2n) is 8.96. The second-order valence-corrected chi connectivity index (χ2v) is 8.96. The highest BCUT2D eigenvalue weighted by atomic mass is 19.4. The monoisotopic (exact) mass is 449 g/mol. The van der Waals surface area contributed by atoms with Gasteiger partial charge in [0.1, 0.15) is 11.6 Å². The van der Waals surface area contributed by atoms with Crippen LogP contribution in [0.4, 0.5) is 17.6 Å². The number of aliphatic hydroxyl groups is 1. The van der Waals surface area contributed by atoms with E-state index in [0.717, 1.165) is 0 Å². The topological polar surface area (TPSA) is 51.5 Å². The third kappa shape index (κ3) is 3.88. The molecule has 0 radical (unpaired) electrons. The lowest BCUT2D eigenvalue weighted by Gasteiger charge is -2.39. The molecule has 1 aliphatic rings. The zero-order valence-electron chi connectivity index (χ0n) is 17.7. The predicted molar refractivity (Wildman–Crippen MR) is 112 cm³/mol. The number of alkyl halides is 3. The van der Waals surface area contributed by atoms with Crippen LogP contribution in [0, 0.1) is 5.82 Å². The van der Waals surface area contributed by atoms with Gasteiger partial charge in [-0.05, 0) is 36.1 Å². The molecule has 0 saturated carbocycles. The number of hydrogen-bond acceptors (Lipinski definition) is 3. The molecule has 2 aromatic carbocycles. The molecule has 0 aliphatic carbocycles. The number of rotatable bonds is 5. The fraction of sp³-hybridized carbons (Fsp3) is 0.375. The molecule has 1 aromatic heterocycles. The van der Waals surface area contributed by atoms with Gasteiger partial charge in [0.05, 0.1) is 18.7 Å². The third-order valence-corrected chi connectivity index (χ3v) is 6.06. The van der Waals surface area contributed by atoms with Gasteiger partial charge in [-0.25, -0.2) is 4.39 Å². The number of benzene rings is 2. The van der Waals surface area contributed by atoms with Gasteiger partial charge in [0.15, 0.2) is 11.0 Å². The summed E-state index contributed by atoms with van der Waals surface area (Å²) < 4.78 is 63.7. The highest BCUT2D eigenvalue weighted by Gasteiger charge is 2.56. The fourth-order valence-corrected chi connectivity index (χ4v) is 4.52. The average Bonchev–Trinajstić information content (AvgIpc) is 3.16. The van der Waals surface area contributed by atoms with Crippen molar-refractivity contribution in [3.05, 3.63) is 75.8 Å². The summed E-state index contributed by atoms with van der Waals surface area (Å²) in [7, 11) is 0. The Morgan fingerprint density at radius 1 is 1.12 bits per heavy atom. The van der Waals surface area contributed by atoms with Crippen LogP contribution in [0.15, 0.2) is 53.5 Å². The van der Waals surface area contributed by atoms with Gasteiger partial charge in [0, 0.05) is 35.2 Å². The first-order chi connectivity index (χ1) is 14.9. The minimum Gasteiger partial charge on any atom is -0.493 e. The molecule has 4 rings (SSSR count). The summed E-state index contributed by atoms with van der Waals surface area (Å²) in [6.07, 6.45) is -3.99. The smallest absolute Gasteiger partial charge is 0.418 e. The molecule has 32 heavy (non-hydrogen) atoms. The number of fused-ring (bicyclic) bond motifs is 2. The summed E-state index contributed by atoms with van der Waals surface area (Å²) in [5, 5.41) is 11.2. The minimum atomic E-state index is -4.98. The quantitative estimate of drug-likeness (QED) is 0.573. The largest absolute Gasteiger partial charge is 0.493 e. The van der Waals surface area contributed by atoms with Crippen LogP contribution < -0.4 is 10.2 Å². The van der Waals surface area contributed by atoms with Crippen LogP contribution in [0.1, 0.15) is 31.4 Å². The van der Waals surface area contributed by atoms with E-state index in [0.29, 0.717) is 24.3 Å². The van der Waals surface area contributed by atoms with Gasteiger partial charge in [-0.3, -0.25) is 4.79 Å². The van der Waals surface area contributed by atoms with Crippen molar-refractivity contribution in [2.24, 2.45) is 0 Å². The van der Waals surface area contributed by atoms with E-state index in [9.17, 15) is 27.5 Å². The molecule has 8 heteroatoms. The first kappa shape index (κ1) is 22.3. The lowest BCUT2D eigenvalue weighted by atomic mass is 9.74. The van der Waals surface area contributed by atoms with Crippen LogP contribution in [-0.4, -0.2) is 28.1 Å². The maximum atomic E-state index is 14.2. The van der Waals surface area contributed by atoms with E-state index in [-0.39, 0.29) is 21.9 Å². The number of ether oxygens (including phenoxy) is 1. The van der Waals surface area contributed by atoms with Crippen LogP contribution in [-0.2, 0) is 18.4 Å². The Labute approximate surface area is 182 Å². The van der Waals surface area contributed by atoms with E-state index in [4.69, 9.17) is 4.74 Å². The summed E-state index contributed by atoms with van der Waals surface area (Å²) >= 11 is 0. The van der Waals surface area contributed by atoms with Gasteiger partial charge in [0.25, 0.3) is 0 Å². The fourth-order valence-electron chi connectivity index (χ4n) is 4.52. The van der Waals surface area contributed by atoms with Gasteiger partial charge >= 0.3 is 6.18 Å². The van der Waals surface area contributed by atoms with E-state index in [1.807, 2.05) is 0 Å². The van der Waals surface area contributed by atoms with E-state index in [2.05, 4.69) is 0 Å². The summed E-state index contributed by atoms with van der Waals surface area (Å²) in [6, 6.07) is 9.97. The van der Waals surface area contributed by atoms with Crippen molar-refractivity contribution in [1.82, 2.24) is 4.57 Å². The standard InChI is InChI=1S/C24H23F4NO3/c1-22(2,18-12-16(25)11-15-8-10-32-21(15)18)13-23(31,24(26,27)28)14-29-9-7-20(30)17-5-3-4-6-19(17)29/h3-7,9,11-12,31H,8,10,13-14H2,1-2H3. The van der Waals surface area contributed by atoms with Gasteiger partial charge in [0.2, 0.25) is 0 Å². The second kappa shape index (κ2) is 7.62. The van der Waals surface area contributed by atoms with E-state index in [1.54, 1.807) is 12.1 Å². The number of aromatic nitrogens is 1. The van der Waals surface area contributed by atoms with Crippen molar-refractivity contribution in [2.45, 2.75) is 50.4 Å². The molecule has 3 aromatic rings. The van der Waals surface area contributed by atoms with Crippen LogP contribution in [0.5, 0.6) is 5.75 Å². The Morgan fingerprint density at radius 2 is 1.84 bits per heavy atom. The van der Waals surface area contributed by atoms with Crippen LogP contribution >= 0.6 is 0 Å². The van der Waals surface area contributed by atoms with E-state index in [1.165, 1.54) is 54.9 Å². The zero-order chi connectivity index (χ0) is 23.3. The normalized spacial score (nSPS) is 16.0. The highest BCUT2D eigenvalue weighted by molar-refractivity contribution is 5.78. The Bertz CT molecular complexity index is 1230. The van der Waals surface area contributed by atoms with Crippen molar-refractivity contribution in [2.75, 3.05) is 6.61 Å². The highest BCUT2D eigenvalue weighted by Crippen LogP contribution is 2.46. The first-order valence-corrected chi connectivity index (χ1v) is 10.2. The average molecular weight is 449 g/mol. The van der Waals surface area contributed by atoms with Crippen LogP contribution in [0.25, 0.3) is 10.9 Å². The number of nitrogens with zero attached hydrogens (tertiary/aromatic N) is 1. The lowest BCUT2D eigenvalue weighted by Crippen LogP contribution is -2.52. The molecule has 1 aliphatic heterocycles. The molecular formula is C24H23F4NO3. The van der Waals surface area contributed by atoms with Crippen LogP contribution in [0.3, 0.4) is 0 Å². The predicted octanol–water partition coefficient (Wildman–Crippen LogP) is 4.74. The number of hydrogen-bond donors (Lipinski definition) is 1. The summed E-state index contributed by atoms with van der Waals surface area (Å²) in [4.78, 5) is 12.1. The van der Waals surface area contributed by atoms with Gasteiger partial charge in [-0.2, -0.15) is 13.2 Å². The molecule has 0 saturated heterocycles. The first-order valence-electron chi connectivity index (χ1n) is 10.2. The molecule has 0 bridgehead atoms. The molecule has 2 heterocycles. The van der Waals surface area contributed by atoms with Gasteiger partial charge in [-0.15, -0.1) is 0 Å². The Kier molecular flexibility index (Phi) is 5.32. The Balaban J connectivity index is 1.77. The molecule has 4 nitrogen and oxygen atoms in total. The molecule has 170 valence electrons. The van der Waals surface area contributed by atoms with Crippen molar-refractivity contribution < 1.29 is 27.4 Å². The number of pyridine rings is 1. The zero-order valence-corrected chi connectivity index (χ0v) is 17.7. The molecule has 1 N–H and O–H groups in total. The van der Waals surface area contributed by atoms with E-state index >= 15 is 0 Å². The van der Waals surface area contributed by atoms with Crippen molar-refractivity contribution in [1.29, 1.82) is 0 Å². The number of para-hydroxylation sites is 1. The molecule has 0 spiro atoms. The van der Waals surface area contributed by atoms with Crippen molar-refractivity contribution in [3.8, 4) is 5.75 Å².